The topological polar surface area (TPSA) is 74.2 Å². The van der Waals surface area contributed by atoms with Gasteiger partial charge in [0, 0.05) is 19.3 Å². The smallest absolute Gasteiger partial charge is 0.320 e. The molecule has 158 valence electrons. The van der Waals surface area contributed by atoms with E-state index < -0.39 is 0 Å². The number of aromatic nitrogens is 3. The Bertz CT molecular complexity index is 982. The molecule has 10 heteroatoms. The molecule has 0 aliphatic carbocycles. The number of benzene rings is 1. The van der Waals surface area contributed by atoms with Crippen LogP contribution in [0.15, 0.2) is 42.6 Å². The van der Waals surface area contributed by atoms with E-state index in [0.29, 0.717) is 39.0 Å². The van der Waals surface area contributed by atoms with Crippen LogP contribution in [-0.2, 0) is 6.54 Å². The second kappa shape index (κ2) is 10.7. The molecule has 0 fully saturated rings. The molecule has 3 aromatic rings. The number of nitrogens with zero attached hydrogens (tertiary/aromatic N) is 5. The number of urea groups is 1. The molecule has 0 spiro atoms. The molecule has 0 atom stereocenters. The molecule has 2 aromatic heterocycles. The Kier molecular flexibility index (Phi) is 7.98. The fourth-order valence-corrected chi connectivity index (χ4v) is 3.76. The highest BCUT2D eigenvalue weighted by atomic mass is 35.5. The highest BCUT2D eigenvalue weighted by molar-refractivity contribution is 7.18. The Balaban J connectivity index is 1.70. The van der Waals surface area contributed by atoms with Crippen LogP contribution in [0, 0.1) is 0 Å². The van der Waals surface area contributed by atoms with Crippen molar-refractivity contribution in [2.45, 2.75) is 13.0 Å². The van der Waals surface area contributed by atoms with Gasteiger partial charge in [0.15, 0.2) is 5.01 Å². The molecule has 2 amide bonds. The lowest BCUT2D eigenvalue weighted by Crippen LogP contribution is -2.36. The van der Waals surface area contributed by atoms with Crippen LogP contribution < -0.4 is 5.32 Å². The third-order valence-electron chi connectivity index (χ3n) is 4.20. The van der Waals surface area contributed by atoms with Gasteiger partial charge in [-0.25, -0.2) is 4.79 Å². The predicted octanol–water partition coefficient (Wildman–Crippen LogP) is 4.89. The van der Waals surface area contributed by atoms with Gasteiger partial charge in [-0.1, -0.05) is 46.7 Å². The second-order valence-corrected chi connectivity index (χ2v) is 8.68. The maximum absolute atomic E-state index is 13.0. The molecule has 30 heavy (non-hydrogen) atoms. The van der Waals surface area contributed by atoms with Crippen molar-refractivity contribution in [3.05, 3.63) is 58.2 Å². The minimum absolute atomic E-state index is 0.247. The van der Waals surface area contributed by atoms with Crippen molar-refractivity contribution >= 4 is 45.7 Å². The molecular weight excluding hydrogens is 443 g/mol. The summed E-state index contributed by atoms with van der Waals surface area (Å²) in [4.78, 5) is 21.0. The van der Waals surface area contributed by atoms with Crippen molar-refractivity contribution in [1.29, 1.82) is 0 Å². The van der Waals surface area contributed by atoms with Crippen LogP contribution in [-0.4, -0.2) is 58.2 Å². The maximum Gasteiger partial charge on any atom is 0.323 e. The van der Waals surface area contributed by atoms with Gasteiger partial charge in [0.25, 0.3) is 0 Å². The molecule has 0 saturated carbocycles. The Morgan fingerprint density at radius 1 is 1.10 bits per heavy atom. The number of halogens is 2. The Labute approximate surface area is 189 Å². The summed E-state index contributed by atoms with van der Waals surface area (Å²) >= 11 is 13.4. The molecule has 1 N–H and O–H groups in total. The van der Waals surface area contributed by atoms with Gasteiger partial charge in [0.2, 0.25) is 5.13 Å². The van der Waals surface area contributed by atoms with Gasteiger partial charge in [-0.2, -0.15) is 0 Å². The van der Waals surface area contributed by atoms with Crippen LogP contribution in [0.3, 0.4) is 0 Å². The van der Waals surface area contributed by atoms with Crippen molar-refractivity contribution in [2.24, 2.45) is 0 Å². The van der Waals surface area contributed by atoms with Crippen molar-refractivity contribution in [3.63, 3.8) is 0 Å². The third-order valence-corrected chi connectivity index (χ3v) is 5.80. The highest BCUT2D eigenvalue weighted by Crippen LogP contribution is 2.26. The summed E-state index contributed by atoms with van der Waals surface area (Å²) in [7, 11) is 4.01. The third kappa shape index (κ3) is 6.37. The van der Waals surface area contributed by atoms with Crippen LogP contribution in [0.5, 0.6) is 0 Å². The molecular formula is C20H22Cl2N6OS. The van der Waals surface area contributed by atoms with Crippen molar-refractivity contribution in [2.75, 3.05) is 32.5 Å². The van der Waals surface area contributed by atoms with Gasteiger partial charge >= 0.3 is 6.03 Å². The molecule has 0 saturated heterocycles. The molecule has 7 nitrogen and oxygen atoms in total. The van der Waals surface area contributed by atoms with Crippen LogP contribution in [0.4, 0.5) is 9.93 Å². The molecule has 0 bridgehead atoms. The van der Waals surface area contributed by atoms with E-state index in [4.69, 9.17) is 23.2 Å². The van der Waals surface area contributed by atoms with Crippen LogP contribution in [0.2, 0.25) is 10.0 Å². The number of hydrogen-bond acceptors (Lipinski definition) is 6. The molecule has 0 aliphatic rings. The van der Waals surface area contributed by atoms with E-state index in [2.05, 4.69) is 25.4 Å². The van der Waals surface area contributed by atoms with Gasteiger partial charge in [0.1, 0.15) is 5.69 Å². The molecule has 3 rings (SSSR count). The van der Waals surface area contributed by atoms with Crippen LogP contribution in [0.1, 0.15) is 12.0 Å². The number of rotatable bonds is 8. The fraction of sp³-hybridized carbons (Fsp3) is 0.300. The Morgan fingerprint density at radius 2 is 1.93 bits per heavy atom. The number of carbonyl (C=O) groups is 1. The monoisotopic (exact) mass is 464 g/mol. The number of nitrogens with one attached hydrogen (secondary N) is 1. The van der Waals surface area contributed by atoms with Crippen LogP contribution >= 0.6 is 34.5 Å². The van der Waals surface area contributed by atoms with Gasteiger partial charge < -0.3 is 9.80 Å². The van der Waals surface area contributed by atoms with E-state index in [1.165, 1.54) is 11.3 Å². The van der Waals surface area contributed by atoms with E-state index >= 15 is 0 Å². The zero-order chi connectivity index (χ0) is 21.5. The van der Waals surface area contributed by atoms with Gasteiger partial charge in [-0.3, -0.25) is 10.3 Å². The summed E-state index contributed by atoms with van der Waals surface area (Å²) in [6, 6.07) is 10.7. The molecule has 0 unspecified atom stereocenters. The fourth-order valence-electron chi connectivity index (χ4n) is 2.73. The summed E-state index contributed by atoms with van der Waals surface area (Å²) in [5.41, 5.74) is 1.62. The summed E-state index contributed by atoms with van der Waals surface area (Å²) in [5.74, 6) is 0. The molecule has 1 aromatic carbocycles. The van der Waals surface area contributed by atoms with E-state index in [0.717, 1.165) is 18.5 Å². The number of pyridine rings is 1. The van der Waals surface area contributed by atoms with Crippen LogP contribution in [0.25, 0.3) is 10.7 Å². The first kappa shape index (κ1) is 22.4. The molecule has 0 aliphatic heterocycles. The molecule has 0 radical (unpaired) electrons. The van der Waals surface area contributed by atoms with Crippen molar-refractivity contribution in [3.8, 4) is 10.7 Å². The first-order chi connectivity index (χ1) is 14.4. The van der Waals surface area contributed by atoms with E-state index in [1.807, 2.05) is 38.4 Å². The zero-order valence-corrected chi connectivity index (χ0v) is 19.0. The predicted molar refractivity (Wildman–Crippen MR) is 122 cm³/mol. The summed E-state index contributed by atoms with van der Waals surface area (Å²) in [6.07, 6.45) is 2.52. The van der Waals surface area contributed by atoms with Gasteiger partial charge in [0.05, 0.1) is 10.0 Å². The zero-order valence-electron chi connectivity index (χ0n) is 16.7. The van der Waals surface area contributed by atoms with E-state index in [1.54, 1.807) is 23.2 Å². The number of hydrogen-bond donors (Lipinski definition) is 1. The first-order valence-electron chi connectivity index (χ1n) is 9.32. The van der Waals surface area contributed by atoms with Crippen molar-refractivity contribution in [1.82, 2.24) is 25.0 Å². The van der Waals surface area contributed by atoms with Gasteiger partial charge in [-0.15, -0.1) is 10.2 Å². The lowest BCUT2D eigenvalue weighted by atomic mass is 10.2. The van der Waals surface area contributed by atoms with Crippen molar-refractivity contribution < 1.29 is 4.79 Å². The largest absolute Gasteiger partial charge is 0.323 e. The molecule has 2 heterocycles. The lowest BCUT2D eigenvalue weighted by molar-refractivity contribution is 0.205. The number of anilines is 1. The second-order valence-electron chi connectivity index (χ2n) is 6.88. The average molecular weight is 465 g/mol. The normalized spacial score (nSPS) is 11.0. The minimum atomic E-state index is -0.247. The summed E-state index contributed by atoms with van der Waals surface area (Å²) < 4.78 is 0. The quantitative estimate of drug-likeness (QED) is 0.513. The minimum Gasteiger partial charge on any atom is -0.320 e. The Hall–Kier alpha value is -2.26. The lowest BCUT2D eigenvalue weighted by Gasteiger charge is -2.23. The number of carbonyl (C=O) groups excluding carboxylic acids is 1. The maximum atomic E-state index is 13.0. The summed E-state index contributed by atoms with van der Waals surface area (Å²) in [5, 5.41) is 13.1. The van der Waals surface area contributed by atoms with E-state index in [9.17, 15) is 4.79 Å². The Morgan fingerprint density at radius 3 is 2.63 bits per heavy atom. The first-order valence-corrected chi connectivity index (χ1v) is 10.9. The standard InChI is InChI=1S/C20H22Cl2N6OS/c1-27(2)10-5-11-28(13-14-7-8-15(21)16(22)12-14)20(29)24-19-26-25-18(30-19)17-6-3-4-9-23-17/h3-4,6-9,12H,5,10-11,13H2,1-2H3,(H,24,26,29). The summed E-state index contributed by atoms with van der Waals surface area (Å²) in [6.45, 7) is 1.85. The number of amides is 2. The van der Waals surface area contributed by atoms with Gasteiger partial charge in [-0.05, 0) is 56.9 Å². The average Bonchev–Trinajstić information content (AvgIpc) is 3.19. The highest BCUT2D eigenvalue weighted by Gasteiger charge is 2.17. The van der Waals surface area contributed by atoms with E-state index in [-0.39, 0.29) is 6.03 Å². The SMILES string of the molecule is CN(C)CCCN(Cc1ccc(Cl)c(Cl)c1)C(=O)Nc1nnc(-c2ccccn2)s1.